The predicted octanol–water partition coefficient (Wildman–Crippen LogP) is 3.31. The van der Waals surface area contributed by atoms with Crippen LogP contribution in [0.3, 0.4) is 0 Å². The van der Waals surface area contributed by atoms with Gasteiger partial charge in [0.25, 0.3) is 0 Å². The van der Waals surface area contributed by atoms with Gasteiger partial charge in [-0.2, -0.15) is 0 Å². The van der Waals surface area contributed by atoms with Crippen LogP contribution in [0, 0.1) is 0 Å². The molecule has 0 amide bonds. The van der Waals surface area contributed by atoms with Gasteiger partial charge in [0.1, 0.15) is 5.67 Å². The largest absolute Gasteiger partial charge is 0.244 e. The zero-order valence-corrected chi connectivity index (χ0v) is 8.27. The van der Waals surface area contributed by atoms with Crippen molar-refractivity contribution >= 4 is 9.24 Å². The summed E-state index contributed by atoms with van der Waals surface area (Å²) in [6.45, 7) is 0. The summed E-state index contributed by atoms with van der Waals surface area (Å²) >= 11 is 0. The van der Waals surface area contributed by atoms with Gasteiger partial charge in [0, 0.05) is 0 Å². The fourth-order valence-electron chi connectivity index (χ4n) is 1.74. The fourth-order valence-corrected chi connectivity index (χ4v) is 2.15. The van der Waals surface area contributed by atoms with Crippen molar-refractivity contribution in [3.8, 4) is 0 Å². The Morgan fingerprint density at radius 2 is 1.45 bits per heavy atom. The molecule has 0 aromatic heterocycles. The standard InChI is InChI=1S/C9H18FP/c10-9(8-11)6-4-2-1-3-5-7-9/h1-8,11H2. The van der Waals surface area contributed by atoms with E-state index in [0.29, 0.717) is 6.16 Å². The van der Waals surface area contributed by atoms with Gasteiger partial charge < -0.3 is 0 Å². The van der Waals surface area contributed by atoms with E-state index in [1.165, 1.54) is 19.3 Å². The van der Waals surface area contributed by atoms with Gasteiger partial charge in [-0.05, 0) is 19.0 Å². The maximum Gasteiger partial charge on any atom is 0.114 e. The van der Waals surface area contributed by atoms with E-state index in [4.69, 9.17) is 0 Å². The molecule has 1 unspecified atom stereocenters. The first-order valence-electron chi connectivity index (χ1n) is 4.66. The van der Waals surface area contributed by atoms with Gasteiger partial charge in [-0.25, -0.2) is 4.39 Å². The van der Waals surface area contributed by atoms with Gasteiger partial charge in [0.15, 0.2) is 0 Å². The van der Waals surface area contributed by atoms with Crippen LogP contribution >= 0.6 is 9.24 Å². The molecule has 0 bridgehead atoms. The lowest BCUT2D eigenvalue weighted by atomic mass is 9.90. The molecule has 1 aliphatic carbocycles. The molecule has 2 heteroatoms. The van der Waals surface area contributed by atoms with Crippen LogP contribution in [0.2, 0.25) is 0 Å². The Balaban J connectivity index is 2.37. The number of alkyl halides is 1. The van der Waals surface area contributed by atoms with Crippen molar-refractivity contribution < 1.29 is 4.39 Å². The molecule has 1 fully saturated rings. The Morgan fingerprint density at radius 1 is 1.00 bits per heavy atom. The molecule has 0 aromatic carbocycles. The molecule has 0 heterocycles. The molecule has 0 N–H and O–H groups in total. The molecule has 0 saturated heterocycles. The summed E-state index contributed by atoms with van der Waals surface area (Å²) in [7, 11) is 2.54. The number of halogens is 1. The van der Waals surface area contributed by atoms with Crippen molar-refractivity contribution in [2.75, 3.05) is 6.16 Å². The molecule has 0 spiro atoms. The van der Waals surface area contributed by atoms with E-state index < -0.39 is 5.67 Å². The number of rotatable bonds is 1. The minimum atomic E-state index is -0.842. The van der Waals surface area contributed by atoms with E-state index in [0.717, 1.165) is 25.7 Å². The lowest BCUT2D eigenvalue weighted by Crippen LogP contribution is -2.25. The second-order valence-electron chi connectivity index (χ2n) is 3.62. The van der Waals surface area contributed by atoms with E-state index in [2.05, 4.69) is 9.24 Å². The summed E-state index contributed by atoms with van der Waals surface area (Å²) in [5.74, 6) is 0. The summed E-state index contributed by atoms with van der Waals surface area (Å²) in [5.41, 5.74) is -0.842. The quantitative estimate of drug-likeness (QED) is 0.538. The maximum absolute atomic E-state index is 13.7. The first-order valence-corrected chi connectivity index (χ1v) is 5.47. The molecular weight excluding hydrogens is 158 g/mol. The molecular formula is C9H18FP. The molecule has 1 rings (SSSR count). The summed E-state index contributed by atoms with van der Waals surface area (Å²) in [6, 6.07) is 0. The van der Waals surface area contributed by atoms with Crippen LogP contribution in [0.25, 0.3) is 0 Å². The van der Waals surface area contributed by atoms with Crippen molar-refractivity contribution in [2.24, 2.45) is 0 Å². The highest BCUT2D eigenvalue weighted by atomic mass is 31.0. The van der Waals surface area contributed by atoms with Crippen molar-refractivity contribution in [3.05, 3.63) is 0 Å². The Bertz CT molecular complexity index is 106. The van der Waals surface area contributed by atoms with E-state index >= 15 is 0 Å². The summed E-state index contributed by atoms with van der Waals surface area (Å²) in [5, 5.41) is 0. The topological polar surface area (TPSA) is 0 Å². The Kier molecular flexibility index (Phi) is 3.78. The SMILES string of the molecule is FC1(CP)CCCCCCC1. The van der Waals surface area contributed by atoms with Crippen LogP contribution in [-0.2, 0) is 0 Å². The van der Waals surface area contributed by atoms with E-state index in [9.17, 15) is 4.39 Å². The van der Waals surface area contributed by atoms with Gasteiger partial charge in [-0.3, -0.25) is 0 Å². The summed E-state index contributed by atoms with van der Waals surface area (Å²) in [4.78, 5) is 0. The summed E-state index contributed by atoms with van der Waals surface area (Å²) in [6.07, 6.45) is 8.16. The second-order valence-corrected chi connectivity index (χ2v) is 4.03. The number of hydrogen-bond acceptors (Lipinski definition) is 0. The Hall–Kier alpha value is 0.360. The van der Waals surface area contributed by atoms with Crippen LogP contribution in [0.4, 0.5) is 4.39 Å². The van der Waals surface area contributed by atoms with E-state index in [1.54, 1.807) is 0 Å². The third-order valence-electron chi connectivity index (χ3n) is 2.62. The van der Waals surface area contributed by atoms with Crippen LogP contribution in [-0.4, -0.2) is 11.8 Å². The smallest absolute Gasteiger partial charge is 0.114 e. The molecule has 1 atom stereocenters. The third kappa shape index (κ3) is 3.07. The van der Waals surface area contributed by atoms with Crippen LogP contribution < -0.4 is 0 Å². The van der Waals surface area contributed by atoms with Gasteiger partial charge in [0.2, 0.25) is 0 Å². The lowest BCUT2D eigenvalue weighted by molar-refractivity contribution is 0.149. The third-order valence-corrected chi connectivity index (χ3v) is 3.35. The first-order chi connectivity index (χ1) is 5.27. The van der Waals surface area contributed by atoms with Crippen molar-refractivity contribution in [2.45, 2.75) is 50.6 Å². The summed E-state index contributed by atoms with van der Waals surface area (Å²) < 4.78 is 13.7. The predicted molar refractivity (Wildman–Crippen MR) is 50.7 cm³/mol. The monoisotopic (exact) mass is 176 g/mol. The molecule has 0 radical (unpaired) electrons. The lowest BCUT2D eigenvalue weighted by Gasteiger charge is -2.25. The maximum atomic E-state index is 13.7. The molecule has 0 nitrogen and oxygen atoms in total. The van der Waals surface area contributed by atoms with Crippen LogP contribution in [0.5, 0.6) is 0 Å². The molecule has 0 aliphatic heterocycles. The highest BCUT2D eigenvalue weighted by Gasteiger charge is 2.27. The fraction of sp³-hybridized carbons (Fsp3) is 1.00. The highest BCUT2D eigenvalue weighted by Crippen LogP contribution is 2.31. The Labute approximate surface area is 71.1 Å². The van der Waals surface area contributed by atoms with Gasteiger partial charge in [-0.15, -0.1) is 9.24 Å². The zero-order valence-electron chi connectivity index (χ0n) is 7.11. The van der Waals surface area contributed by atoms with Crippen LogP contribution in [0.1, 0.15) is 44.9 Å². The zero-order chi connectivity index (χ0) is 8.16. The molecule has 66 valence electrons. The molecule has 0 aromatic rings. The van der Waals surface area contributed by atoms with Gasteiger partial charge >= 0.3 is 0 Å². The molecule has 1 saturated carbocycles. The van der Waals surface area contributed by atoms with Crippen molar-refractivity contribution in [3.63, 3.8) is 0 Å². The van der Waals surface area contributed by atoms with Crippen molar-refractivity contribution in [1.29, 1.82) is 0 Å². The molecule has 1 aliphatic rings. The minimum Gasteiger partial charge on any atom is -0.244 e. The van der Waals surface area contributed by atoms with Gasteiger partial charge in [-0.1, -0.05) is 32.1 Å². The average Bonchev–Trinajstić information content (AvgIpc) is 1.98. The molecule has 11 heavy (non-hydrogen) atoms. The van der Waals surface area contributed by atoms with Gasteiger partial charge in [0.05, 0.1) is 0 Å². The normalized spacial score (nSPS) is 25.6. The average molecular weight is 176 g/mol. The minimum absolute atomic E-state index is 0.632. The van der Waals surface area contributed by atoms with E-state index in [-0.39, 0.29) is 0 Å². The Morgan fingerprint density at radius 3 is 1.91 bits per heavy atom. The highest BCUT2D eigenvalue weighted by molar-refractivity contribution is 7.16. The van der Waals surface area contributed by atoms with Crippen LogP contribution in [0.15, 0.2) is 0 Å². The van der Waals surface area contributed by atoms with E-state index in [1.807, 2.05) is 0 Å². The van der Waals surface area contributed by atoms with Crippen molar-refractivity contribution in [1.82, 2.24) is 0 Å². The number of hydrogen-bond donors (Lipinski definition) is 0. The second kappa shape index (κ2) is 4.40. The first kappa shape index (κ1) is 9.45.